The van der Waals surface area contributed by atoms with Crippen LogP contribution in [-0.2, 0) is 16.6 Å². The molecular weight excluding hydrogens is 386 g/mol. The summed E-state index contributed by atoms with van der Waals surface area (Å²) < 4.78 is 5.26. The van der Waals surface area contributed by atoms with Crippen LogP contribution in [-0.4, -0.2) is 18.8 Å². The molecule has 0 aliphatic rings. The number of hydrogen-bond acceptors (Lipinski definition) is 3. The molecule has 3 aromatic carbocycles. The lowest BCUT2D eigenvalue weighted by atomic mass is 9.86. The molecule has 3 rings (SSSR count). The minimum absolute atomic E-state index is 0.0359. The first kappa shape index (κ1) is 22.3. The highest BCUT2D eigenvalue weighted by atomic mass is 16.5. The lowest BCUT2D eigenvalue weighted by molar-refractivity contribution is -0.115. The van der Waals surface area contributed by atoms with E-state index in [0.29, 0.717) is 16.8 Å². The molecular formula is C27H29NO3. The van der Waals surface area contributed by atoms with E-state index in [1.807, 2.05) is 49.4 Å². The molecule has 4 nitrogen and oxygen atoms in total. The van der Waals surface area contributed by atoms with E-state index in [1.54, 1.807) is 31.4 Å². The minimum atomic E-state index is -0.135. The van der Waals surface area contributed by atoms with Crippen molar-refractivity contribution >= 4 is 17.4 Å². The van der Waals surface area contributed by atoms with Gasteiger partial charge in [-0.25, -0.2) is 0 Å². The van der Waals surface area contributed by atoms with Crippen molar-refractivity contribution in [3.8, 4) is 5.75 Å². The van der Waals surface area contributed by atoms with Gasteiger partial charge in [-0.3, -0.25) is 9.59 Å². The largest absolute Gasteiger partial charge is 0.496 e. The predicted octanol–water partition coefficient (Wildman–Crippen LogP) is 5.71. The first-order chi connectivity index (χ1) is 14.7. The topological polar surface area (TPSA) is 55.4 Å². The van der Waals surface area contributed by atoms with Gasteiger partial charge in [0.25, 0.3) is 0 Å². The summed E-state index contributed by atoms with van der Waals surface area (Å²) in [7, 11) is 1.63. The van der Waals surface area contributed by atoms with Crippen LogP contribution in [0.1, 0.15) is 53.4 Å². The summed E-state index contributed by atoms with van der Waals surface area (Å²) in [5.41, 5.74) is 4.88. The Balaban J connectivity index is 1.70. The quantitative estimate of drug-likeness (QED) is 0.524. The summed E-state index contributed by atoms with van der Waals surface area (Å²) in [6.45, 7) is 8.37. The van der Waals surface area contributed by atoms with Crippen molar-refractivity contribution in [1.29, 1.82) is 0 Å². The van der Waals surface area contributed by atoms with Crippen LogP contribution >= 0.6 is 0 Å². The molecule has 0 aliphatic heterocycles. The number of aryl methyl sites for hydroxylation is 1. The molecule has 0 atom stereocenters. The maximum Gasteiger partial charge on any atom is 0.228 e. The second kappa shape index (κ2) is 9.17. The van der Waals surface area contributed by atoms with Gasteiger partial charge in [0.15, 0.2) is 5.78 Å². The van der Waals surface area contributed by atoms with Crippen molar-refractivity contribution in [2.45, 2.75) is 39.5 Å². The monoisotopic (exact) mass is 415 g/mol. The van der Waals surface area contributed by atoms with E-state index in [9.17, 15) is 9.59 Å². The van der Waals surface area contributed by atoms with Gasteiger partial charge >= 0.3 is 0 Å². The first-order valence-electron chi connectivity index (χ1n) is 10.4. The SMILES string of the molecule is COc1ccc(CC(=O)Nc2cccc(C(=O)c3ccc(C(C)(C)C)cc3)c2)cc1C. The minimum Gasteiger partial charge on any atom is -0.496 e. The number of rotatable bonds is 6. The highest BCUT2D eigenvalue weighted by Crippen LogP contribution is 2.24. The molecule has 0 bridgehead atoms. The van der Waals surface area contributed by atoms with Gasteiger partial charge in [0.05, 0.1) is 13.5 Å². The Morgan fingerprint density at radius 3 is 2.23 bits per heavy atom. The second-order valence-corrected chi connectivity index (χ2v) is 8.77. The summed E-state index contributed by atoms with van der Waals surface area (Å²) in [5.74, 6) is 0.594. The predicted molar refractivity (Wildman–Crippen MR) is 125 cm³/mol. The molecule has 3 aromatic rings. The highest BCUT2D eigenvalue weighted by Gasteiger charge is 2.15. The third kappa shape index (κ3) is 5.60. The number of amides is 1. The molecule has 0 radical (unpaired) electrons. The number of methoxy groups -OCH3 is 1. The van der Waals surface area contributed by atoms with E-state index < -0.39 is 0 Å². The van der Waals surface area contributed by atoms with Crippen LogP contribution in [0.4, 0.5) is 5.69 Å². The summed E-state index contributed by atoms with van der Waals surface area (Å²) in [5, 5.41) is 2.89. The molecule has 0 aliphatic carbocycles. The van der Waals surface area contributed by atoms with Gasteiger partial charge in [-0.15, -0.1) is 0 Å². The van der Waals surface area contributed by atoms with Gasteiger partial charge in [0.2, 0.25) is 5.91 Å². The van der Waals surface area contributed by atoms with E-state index in [-0.39, 0.29) is 23.5 Å². The van der Waals surface area contributed by atoms with Gasteiger partial charge < -0.3 is 10.1 Å². The third-order valence-corrected chi connectivity index (χ3v) is 5.25. The van der Waals surface area contributed by atoms with Crippen LogP contribution in [0.15, 0.2) is 66.7 Å². The van der Waals surface area contributed by atoms with E-state index in [4.69, 9.17) is 4.74 Å². The first-order valence-corrected chi connectivity index (χ1v) is 10.4. The van der Waals surface area contributed by atoms with Crippen molar-refractivity contribution < 1.29 is 14.3 Å². The van der Waals surface area contributed by atoms with E-state index in [1.165, 1.54) is 5.56 Å². The maximum atomic E-state index is 12.9. The highest BCUT2D eigenvalue weighted by molar-refractivity contribution is 6.09. The number of ether oxygens (including phenoxy) is 1. The normalized spacial score (nSPS) is 11.1. The standard InChI is InChI=1S/C27H29NO3/c1-18-15-19(9-14-24(18)31-5)16-25(29)28-23-8-6-7-21(17-23)26(30)20-10-12-22(13-11-20)27(2,3)4/h6-15,17H,16H2,1-5H3,(H,28,29). The number of carbonyl (C=O) groups excluding carboxylic acids is 2. The van der Waals surface area contributed by atoms with Crippen LogP contribution in [0.2, 0.25) is 0 Å². The molecule has 0 saturated carbocycles. The molecule has 0 unspecified atom stereocenters. The van der Waals surface area contributed by atoms with Crippen molar-refractivity contribution in [2.75, 3.05) is 12.4 Å². The van der Waals surface area contributed by atoms with Gasteiger partial charge in [0, 0.05) is 16.8 Å². The lowest BCUT2D eigenvalue weighted by Crippen LogP contribution is -2.15. The molecule has 0 aromatic heterocycles. The summed E-state index contributed by atoms with van der Waals surface area (Å²) in [6.07, 6.45) is 0.247. The van der Waals surface area contributed by atoms with Crippen molar-refractivity contribution in [2.24, 2.45) is 0 Å². The van der Waals surface area contributed by atoms with Crippen LogP contribution in [0.5, 0.6) is 5.75 Å². The number of hydrogen-bond donors (Lipinski definition) is 1. The fraction of sp³-hybridized carbons (Fsp3) is 0.259. The molecule has 0 heterocycles. The van der Waals surface area contributed by atoms with E-state index in [0.717, 1.165) is 16.9 Å². The molecule has 0 spiro atoms. The summed E-state index contributed by atoms with van der Waals surface area (Å²) in [6, 6.07) is 20.5. The number of anilines is 1. The Kier molecular flexibility index (Phi) is 6.59. The Labute approximate surface area is 184 Å². The van der Waals surface area contributed by atoms with Crippen molar-refractivity contribution in [3.05, 3.63) is 94.5 Å². The van der Waals surface area contributed by atoms with E-state index >= 15 is 0 Å². The zero-order chi connectivity index (χ0) is 22.6. The molecule has 31 heavy (non-hydrogen) atoms. The molecule has 4 heteroatoms. The van der Waals surface area contributed by atoms with E-state index in [2.05, 4.69) is 26.1 Å². The van der Waals surface area contributed by atoms with Gasteiger partial charge in [-0.1, -0.05) is 69.3 Å². The second-order valence-electron chi connectivity index (χ2n) is 8.77. The zero-order valence-electron chi connectivity index (χ0n) is 18.8. The number of carbonyl (C=O) groups is 2. The molecule has 1 N–H and O–H groups in total. The molecule has 160 valence electrons. The van der Waals surface area contributed by atoms with Crippen molar-refractivity contribution in [1.82, 2.24) is 0 Å². The summed E-state index contributed by atoms with van der Waals surface area (Å²) >= 11 is 0. The Bertz CT molecular complexity index is 1090. The third-order valence-electron chi connectivity index (χ3n) is 5.25. The molecule has 0 fully saturated rings. The number of benzene rings is 3. The molecule has 0 saturated heterocycles. The van der Waals surface area contributed by atoms with Crippen LogP contribution in [0.25, 0.3) is 0 Å². The Morgan fingerprint density at radius 1 is 0.903 bits per heavy atom. The van der Waals surface area contributed by atoms with Crippen LogP contribution in [0, 0.1) is 6.92 Å². The maximum absolute atomic E-state index is 12.9. The van der Waals surface area contributed by atoms with Crippen LogP contribution < -0.4 is 10.1 Å². The summed E-state index contributed by atoms with van der Waals surface area (Å²) in [4.78, 5) is 25.4. The smallest absolute Gasteiger partial charge is 0.228 e. The van der Waals surface area contributed by atoms with Gasteiger partial charge in [0.1, 0.15) is 5.75 Å². The Hall–Kier alpha value is -3.40. The zero-order valence-corrected chi connectivity index (χ0v) is 18.8. The van der Waals surface area contributed by atoms with Crippen molar-refractivity contribution in [3.63, 3.8) is 0 Å². The number of ketones is 1. The van der Waals surface area contributed by atoms with Crippen LogP contribution in [0.3, 0.4) is 0 Å². The average molecular weight is 416 g/mol. The Morgan fingerprint density at radius 2 is 1.61 bits per heavy atom. The average Bonchev–Trinajstić information content (AvgIpc) is 2.73. The van der Waals surface area contributed by atoms with Gasteiger partial charge in [-0.2, -0.15) is 0 Å². The van der Waals surface area contributed by atoms with Gasteiger partial charge in [-0.05, 0) is 47.2 Å². The fourth-order valence-corrected chi connectivity index (χ4v) is 3.47. The number of nitrogens with one attached hydrogen (secondary N) is 1. The lowest BCUT2D eigenvalue weighted by Gasteiger charge is -2.19. The fourth-order valence-electron chi connectivity index (χ4n) is 3.47. The molecule has 1 amide bonds.